The third-order valence-electron chi connectivity index (χ3n) is 4.25. The van der Waals surface area contributed by atoms with Crippen molar-refractivity contribution >= 4 is 35.0 Å². The van der Waals surface area contributed by atoms with E-state index < -0.39 is 23.4 Å². The number of carbonyl (C=O) groups is 1. The fourth-order valence-electron chi connectivity index (χ4n) is 2.84. The largest absolute Gasteiger partial charge is 0.382 e. The smallest absolute Gasteiger partial charge is 0.258 e. The van der Waals surface area contributed by atoms with E-state index in [4.69, 9.17) is 16.3 Å². The quantitative estimate of drug-likeness (QED) is 0.521. The number of amidine groups is 1. The van der Waals surface area contributed by atoms with Crippen LogP contribution in [-0.4, -0.2) is 43.2 Å². The molecule has 0 unspecified atom stereocenters. The number of halogens is 4. The molecule has 0 saturated heterocycles. The molecule has 11 heteroatoms. The van der Waals surface area contributed by atoms with Crippen molar-refractivity contribution in [2.45, 2.75) is 19.4 Å². The number of carbonyl (C=O) groups excluding carboxylic acids is 1. The number of nitrogens with zero attached hydrogens (tertiary/aromatic N) is 3. The van der Waals surface area contributed by atoms with Crippen molar-refractivity contribution in [1.82, 2.24) is 10.7 Å². The molecule has 2 aromatic carbocycles. The summed E-state index contributed by atoms with van der Waals surface area (Å²) < 4.78 is 45.3. The van der Waals surface area contributed by atoms with Crippen LogP contribution in [0.2, 0.25) is 5.02 Å². The van der Waals surface area contributed by atoms with Crippen molar-refractivity contribution in [2.75, 3.05) is 13.7 Å². The highest BCUT2D eigenvalue weighted by molar-refractivity contribution is 6.31. The number of aliphatic imine (C=N–C) groups is 2. The second-order valence-electron chi connectivity index (χ2n) is 6.90. The predicted molar refractivity (Wildman–Crippen MR) is 116 cm³/mol. The summed E-state index contributed by atoms with van der Waals surface area (Å²) >= 11 is 5.90. The molecule has 1 atom stereocenters. The lowest BCUT2D eigenvalue weighted by molar-refractivity contribution is 0.0975. The van der Waals surface area contributed by atoms with Crippen LogP contribution in [0.25, 0.3) is 0 Å². The minimum atomic E-state index is -1.15. The van der Waals surface area contributed by atoms with E-state index in [-0.39, 0.29) is 35.6 Å². The van der Waals surface area contributed by atoms with Crippen LogP contribution in [0.4, 0.5) is 13.2 Å². The number of nitrogens with one attached hydrogen (secondary N) is 2. The molecular formula is C21H19ClF3N5O2. The fraction of sp³-hybridized carbons (Fsp3) is 0.238. The lowest BCUT2D eigenvalue weighted by atomic mass is 10.1. The van der Waals surface area contributed by atoms with Crippen molar-refractivity contribution in [3.05, 3.63) is 70.0 Å². The third kappa shape index (κ3) is 6.14. The van der Waals surface area contributed by atoms with Gasteiger partial charge in [0.1, 0.15) is 11.7 Å². The summed E-state index contributed by atoms with van der Waals surface area (Å²) in [6.45, 7) is 2.00. The van der Waals surface area contributed by atoms with Gasteiger partial charge in [0.15, 0.2) is 11.6 Å². The molecule has 168 valence electrons. The fourth-order valence-corrected chi connectivity index (χ4v) is 3.06. The Labute approximate surface area is 187 Å². The van der Waals surface area contributed by atoms with Gasteiger partial charge < -0.3 is 4.74 Å². The maximum absolute atomic E-state index is 13.6. The number of hydrogen-bond donors (Lipinski definition) is 2. The summed E-state index contributed by atoms with van der Waals surface area (Å²) in [5.74, 6) is -3.21. The van der Waals surface area contributed by atoms with E-state index in [9.17, 15) is 18.0 Å². The normalized spacial score (nSPS) is 16.0. The maximum Gasteiger partial charge on any atom is 0.258 e. The average molecular weight is 466 g/mol. The molecule has 1 aliphatic heterocycles. The Hall–Kier alpha value is -3.24. The number of hydrogen-bond acceptors (Lipinski definition) is 4. The summed E-state index contributed by atoms with van der Waals surface area (Å²) in [7, 11) is 1.50. The van der Waals surface area contributed by atoms with Gasteiger partial charge in [-0.25, -0.2) is 18.2 Å². The number of methoxy groups -OCH3 is 1. The molecule has 2 N–H and O–H groups in total. The molecule has 3 rings (SSSR count). The molecule has 1 amide bonds. The van der Waals surface area contributed by atoms with Crippen LogP contribution in [0.15, 0.2) is 51.5 Å². The summed E-state index contributed by atoms with van der Waals surface area (Å²) in [6.07, 6.45) is 0.193. The average Bonchev–Trinajstić information content (AvgIpc) is 3.18. The first kappa shape index (κ1) is 23.4. The third-order valence-corrected chi connectivity index (χ3v) is 4.47. The Morgan fingerprint density at radius 3 is 2.72 bits per heavy atom. The summed E-state index contributed by atoms with van der Waals surface area (Å²) in [4.78, 5) is 21.1. The van der Waals surface area contributed by atoms with Gasteiger partial charge >= 0.3 is 0 Å². The van der Waals surface area contributed by atoms with E-state index in [2.05, 4.69) is 25.8 Å². The van der Waals surface area contributed by atoms with Gasteiger partial charge in [-0.1, -0.05) is 11.6 Å². The topological polar surface area (TPSA) is 87.4 Å². The van der Waals surface area contributed by atoms with Crippen LogP contribution in [0.5, 0.6) is 0 Å². The second-order valence-corrected chi connectivity index (χ2v) is 7.34. The SMILES string of the molecule is COC[C@H](C)N=C(N=C1CC(c2cc(F)cc(Cl)c2)=NN1)NC(=O)c1ccc(F)c(F)c1. The van der Waals surface area contributed by atoms with Crippen LogP contribution >= 0.6 is 11.6 Å². The number of benzene rings is 2. The standard InChI is InChI=1S/C21H19ClF3N5O2/c1-11(10-32-2)26-21(28-20(31)12-3-4-16(24)17(25)7-12)27-19-9-18(29-30-19)13-5-14(22)8-15(23)6-13/h3-8,11H,9-10H2,1-2H3,(H2,26,27,28,30,31)/t11-/m0/s1. The second kappa shape index (κ2) is 10.4. The van der Waals surface area contributed by atoms with E-state index >= 15 is 0 Å². The Morgan fingerprint density at radius 2 is 2.03 bits per heavy atom. The highest BCUT2D eigenvalue weighted by Gasteiger charge is 2.19. The summed E-state index contributed by atoms with van der Waals surface area (Å²) in [5, 5.41) is 6.82. The number of guanidine groups is 1. The lowest BCUT2D eigenvalue weighted by Crippen LogP contribution is -2.32. The van der Waals surface area contributed by atoms with E-state index in [0.29, 0.717) is 17.1 Å². The summed E-state index contributed by atoms with van der Waals surface area (Å²) in [5.41, 5.74) is 3.56. The van der Waals surface area contributed by atoms with Gasteiger partial charge in [-0.15, -0.1) is 0 Å². The highest BCUT2D eigenvalue weighted by atomic mass is 35.5. The van der Waals surface area contributed by atoms with Crippen molar-refractivity contribution in [2.24, 2.45) is 15.1 Å². The first-order valence-electron chi connectivity index (χ1n) is 9.45. The van der Waals surface area contributed by atoms with Gasteiger partial charge in [0, 0.05) is 23.3 Å². The van der Waals surface area contributed by atoms with E-state index in [1.165, 1.54) is 19.2 Å². The van der Waals surface area contributed by atoms with Crippen LogP contribution in [0.3, 0.4) is 0 Å². The summed E-state index contributed by atoms with van der Waals surface area (Å²) in [6, 6.07) is 6.43. The molecule has 0 fully saturated rings. The molecule has 0 aromatic heterocycles. The van der Waals surface area contributed by atoms with Crippen molar-refractivity contribution in [1.29, 1.82) is 0 Å². The molecule has 0 spiro atoms. The Balaban J connectivity index is 1.81. The van der Waals surface area contributed by atoms with Gasteiger partial charge in [0.05, 0.1) is 24.8 Å². The van der Waals surface area contributed by atoms with E-state index in [1.807, 2.05) is 0 Å². The zero-order valence-corrected chi connectivity index (χ0v) is 17.9. The molecule has 32 heavy (non-hydrogen) atoms. The van der Waals surface area contributed by atoms with Crippen LogP contribution in [0.1, 0.15) is 29.3 Å². The van der Waals surface area contributed by atoms with Gasteiger partial charge in [-0.2, -0.15) is 10.1 Å². The minimum Gasteiger partial charge on any atom is -0.382 e. The Kier molecular flexibility index (Phi) is 7.60. The monoisotopic (exact) mass is 465 g/mol. The van der Waals surface area contributed by atoms with Crippen molar-refractivity contribution in [3.63, 3.8) is 0 Å². The van der Waals surface area contributed by atoms with Crippen LogP contribution in [-0.2, 0) is 4.74 Å². The van der Waals surface area contributed by atoms with E-state index in [1.54, 1.807) is 13.0 Å². The van der Waals surface area contributed by atoms with Crippen LogP contribution < -0.4 is 10.7 Å². The number of amides is 1. The van der Waals surface area contributed by atoms with Crippen molar-refractivity contribution < 1.29 is 22.7 Å². The highest BCUT2D eigenvalue weighted by Crippen LogP contribution is 2.18. The number of rotatable bonds is 5. The van der Waals surface area contributed by atoms with Gasteiger partial charge in [0.2, 0.25) is 5.96 Å². The molecule has 7 nitrogen and oxygen atoms in total. The maximum atomic E-state index is 13.6. The molecule has 1 heterocycles. The first-order chi connectivity index (χ1) is 15.2. The lowest BCUT2D eigenvalue weighted by Gasteiger charge is -2.10. The van der Waals surface area contributed by atoms with Gasteiger partial charge in [0.25, 0.3) is 5.91 Å². The van der Waals surface area contributed by atoms with Crippen molar-refractivity contribution in [3.8, 4) is 0 Å². The molecule has 0 radical (unpaired) electrons. The molecule has 0 bridgehead atoms. The Morgan fingerprint density at radius 1 is 1.25 bits per heavy atom. The zero-order valence-electron chi connectivity index (χ0n) is 17.1. The first-order valence-corrected chi connectivity index (χ1v) is 9.82. The molecule has 0 saturated carbocycles. The molecule has 2 aromatic rings. The predicted octanol–water partition coefficient (Wildman–Crippen LogP) is 3.67. The van der Waals surface area contributed by atoms with Gasteiger partial charge in [-0.3, -0.25) is 15.5 Å². The molecular weight excluding hydrogens is 447 g/mol. The van der Waals surface area contributed by atoms with Crippen LogP contribution in [0, 0.1) is 17.5 Å². The number of ether oxygens (including phenoxy) is 1. The number of hydrazone groups is 1. The van der Waals surface area contributed by atoms with Gasteiger partial charge in [-0.05, 0) is 43.3 Å². The molecule has 1 aliphatic rings. The molecule has 0 aliphatic carbocycles. The zero-order chi connectivity index (χ0) is 23.3. The minimum absolute atomic E-state index is 0.0829. The van der Waals surface area contributed by atoms with E-state index in [0.717, 1.165) is 18.2 Å². The Bertz CT molecular complexity index is 1100.